The van der Waals surface area contributed by atoms with Crippen molar-refractivity contribution in [3.05, 3.63) is 29.8 Å². The smallest absolute Gasteiger partial charge is 0.233 e. The second kappa shape index (κ2) is 4.45. The first-order valence-corrected chi connectivity index (χ1v) is 6.32. The van der Waals surface area contributed by atoms with Gasteiger partial charge in [0.25, 0.3) is 0 Å². The van der Waals surface area contributed by atoms with Gasteiger partial charge in [0.05, 0.1) is 5.69 Å². The van der Waals surface area contributed by atoms with Gasteiger partial charge in [-0.2, -0.15) is 0 Å². The van der Waals surface area contributed by atoms with Gasteiger partial charge in [-0.25, -0.2) is 9.97 Å². The van der Waals surface area contributed by atoms with Crippen molar-refractivity contribution in [3.8, 4) is 0 Å². The molecule has 4 heteroatoms. The van der Waals surface area contributed by atoms with Crippen LogP contribution in [0.2, 0.25) is 0 Å². The van der Waals surface area contributed by atoms with Crippen LogP contribution in [0, 0.1) is 12.8 Å². The fourth-order valence-electron chi connectivity index (χ4n) is 2.52. The number of aryl methyl sites for hydroxylation is 1. The highest BCUT2D eigenvalue weighted by Gasteiger charge is 2.15. The summed E-state index contributed by atoms with van der Waals surface area (Å²) in [5.74, 6) is 1.60. The molecule has 0 radical (unpaired) electrons. The molecule has 1 fully saturated rings. The number of aromatic nitrogens is 3. The lowest BCUT2D eigenvalue weighted by molar-refractivity contribution is 0.370. The van der Waals surface area contributed by atoms with Gasteiger partial charge in [0.2, 0.25) is 5.78 Å². The summed E-state index contributed by atoms with van der Waals surface area (Å²) in [7, 11) is 0. The first-order valence-electron chi connectivity index (χ1n) is 6.32. The van der Waals surface area contributed by atoms with E-state index in [1.807, 2.05) is 10.6 Å². The number of nitrogens with one attached hydrogen (secondary N) is 1. The average molecular weight is 230 g/mol. The maximum absolute atomic E-state index is 4.58. The monoisotopic (exact) mass is 230 g/mol. The van der Waals surface area contributed by atoms with Gasteiger partial charge < -0.3 is 5.32 Å². The number of hydrogen-bond donors (Lipinski definition) is 1. The van der Waals surface area contributed by atoms with Gasteiger partial charge in [-0.3, -0.25) is 4.40 Å². The molecule has 0 unspecified atom stereocenters. The topological polar surface area (TPSA) is 42.2 Å². The van der Waals surface area contributed by atoms with E-state index in [1.54, 1.807) is 0 Å². The van der Waals surface area contributed by atoms with E-state index in [2.05, 4.69) is 34.6 Å². The zero-order valence-electron chi connectivity index (χ0n) is 10.2. The molecule has 2 aromatic heterocycles. The summed E-state index contributed by atoms with van der Waals surface area (Å²) in [6.07, 6.45) is 9.69. The second-order valence-electron chi connectivity index (χ2n) is 4.97. The van der Waals surface area contributed by atoms with Crippen LogP contribution in [0.1, 0.15) is 24.1 Å². The summed E-state index contributed by atoms with van der Waals surface area (Å²) in [5.41, 5.74) is 2.35. The predicted octanol–water partition coefficient (Wildman–Crippen LogP) is 1.58. The molecule has 0 aliphatic carbocycles. The van der Waals surface area contributed by atoms with Gasteiger partial charge in [0.15, 0.2) is 0 Å². The minimum Gasteiger partial charge on any atom is -0.317 e. The number of imidazole rings is 1. The van der Waals surface area contributed by atoms with E-state index in [0.29, 0.717) is 0 Å². The third-order valence-corrected chi connectivity index (χ3v) is 3.45. The fraction of sp³-hybridized carbons (Fsp3) is 0.538. The molecule has 0 aromatic carbocycles. The maximum Gasteiger partial charge on any atom is 0.233 e. The van der Waals surface area contributed by atoms with Crippen LogP contribution in [-0.4, -0.2) is 27.5 Å². The maximum atomic E-state index is 4.58. The minimum atomic E-state index is 0.780. The Morgan fingerprint density at radius 1 is 1.35 bits per heavy atom. The van der Waals surface area contributed by atoms with Gasteiger partial charge in [0, 0.05) is 18.6 Å². The van der Waals surface area contributed by atoms with Gasteiger partial charge in [-0.15, -0.1) is 0 Å². The molecule has 1 aliphatic heterocycles. The van der Waals surface area contributed by atoms with Gasteiger partial charge >= 0.3 is 0 Å². The van der Waals surface area contributed by atoms with Crippen molar-refractivity contribution in [3.63, 3.8) is 0 Å². The highest BCUT2D eigenvalue weighted by Crippen LogP contribution is 2.17. The van der Waals surface area contributed by atoms with Crippen LogP contribution in [0.15, 0.2) is 18.6 Å². The summed E-state index contributed by atoms with van der Waals surface area (Å²) in [4.78, 5) is 8.91. The van der Waals surface area contributed by atoms with Crippen LogP contribution >= 0.6 is 0 Å². The lowest BCUT2D eigenvalue weighted by Gasteiger charge is -2.21. The van der Waals surface area contributed by atoms with E-state index in [1.165, 1.54) is 24.1 Å². The average Bonchev–Trinajstić information content (AvgIpc) is 2.71. The normalized spacial score (nSPS) is 17.7. The molecule has 90 valence electrons. The van der Waals surface area contributed by atoms with E-state index in [4.69, 9.17) is 0 Å². The van der Waals surface area contributed by atoms with E-state index < -0.39 is 0 Å². The molecule has 0 spiro atoms. The molecule has 0 amide bonds. The molecular formula is C13H18N4. The van der Waals surface area contributed by atoms with E-state index >= 15 is 0 Å². The Bertz CT molecular complexity index is 511. The van der Waals surface area contributed by atoms with E-state index in [-0.39, 0.29) is 0 Å². The van der Waals surface area contributed by atoms with Crippen LogP contribution < -0.4 is 5.32 Å². The molecular weight excluding hydrogens is 212 g/mol. The van der Waals surface area contributed by atoms with Crippen LogP contribution in [0.25, 0.3) is 5.78 Å². The molecule has 0 bridgehead atoms. The van der Waals surface area contributed by atoms with Crippen molar-refractivity contribution in [1.29, 1.82) is 0 Å². The summed E-state index contributed by atoms with van der Waals surface area (Å²) in [6, 6.07) is 0. The highest BCUT2D eigenvalue weighted by atomic mass is 15.1. The van der Waals surface area contributed by atoms with Crippen molar-refractivity contribution in [2.75, 3.05) is 13.1 Å². The Morgan fingerprint density at radius 2 is 2.18 bits per heavy atom. The summed E-state index contributed by atoms with van der Waals surface area (Å²) in [6.45, 7) is 4.35. The summed E-state index contributed by atoms with van der Waals surface area (Å²) < 4.78 is 2.03. The first-order chi connectivity index (χ1) is 8.31. The van der Waals surface area contributed by atoms with Crippen molar-refractivity contribution in [2.24, 2.45) is 5.92 Å². The van der Waals surface area contributed by atoms with Crippen LogP contribution in [0.4, 0.5) is 0 Å². The summed E-state index contributed by atoms with van der Waals surface area (Å²) >= 11 is 0. The highest BCUT2D eigenvalue weighted by molar-refractivity contribution is 5.31. The number of nitrogens with zero attached hydrogens (tertiary/aromatic N) is 3. The van der Waals surface area contributed by atoms with E-state index in [9.17, 15) is 0 Å². The number of rotatable bonds is 2. The molecule has 1 saturated heterocycles. The largest absolute Gasteiger partial charge is 0.317 e. The molecule has 1 N–H and O–H groups in total. The molecule has 0 atom stereocenters. The Hall–Kier alpha value is -1.42. The molecule has 2 aromatic rings. The molecule has 1 aliphatic rings. The number of fused-ring (bicyclic) bond motifs is 1. The van der Waals surface area contributed by atoms with Crippen molar-refractivity contribution in [2.45, 2.75) is 26.2 Å². The third kappa shape index (κ3) is 2.31. The Morgan fingerprint density at radius 3 is 3.00 bits per heavy atom. The van der Waals surface area contributed by atoms with Gasteiger partial charge in [-0.05, 0) is 50.8 Å². The number of piperidine rings is 1. The SMILES string of the molecule is Cc1cnc2nc(CC3CCNCC3)cn2c1. The third-order valence-electron chi connectivity index (χ3n) is 3.45. The van der Waals surface area contributed by atoms with Crippen LogP contribution in [-0.2, 0) is 6.42 Å². The van der Waals surface area contributed by atoms with Crippen molar-refractivity contribution >= 4 is 5.78 Å². The van der Waals surface area contributed by atoms with Gasteiger partial charge in [-0.1, -0.05) is 0 Å². The summed E-state index contributed by atoms with van der Waals surface area (Å²) in [5, 5.41) is 3.40. The quantitative estimate of drug-likeness (QED) is 0.851. The van der Waals surface area contributed by atoms with Gasteiger partial charge in [0.1, 0.15) is 0 Å². The predicted molar refractivity (Wildman–Crippen MR) is 67.0 cm³/mol. The zero-order chi connectivity index (χ0) is 11.7. The van der Waals surface area contributed by atoms with Crippen LogP contribution in [0.5, 0.6) is 0 Å². The molecule has 17 heavy (non-hydrogen) atoms. The fourth-order valence-corrected chi connectivity index (χ4v) is 2.52. The standard InChI is InChI=1S/C13H18N4/c1-10-7-15-13-16-12(9-17(13)8-10)6-11-2-4-14-5-3-11/h7-9,11,14H,2-6H2,1H3. The van der Waals surface area contributed by atoms with Crippen molar-refractivity contribution in [1.82, 2.24) is 19.7 Å². The minimum absolute atomic E-state index is 0.780. The Balaban J connectivity index is 1.80. The molecule has 3 rings (SSSR count). The lowest BCUT2D eigenvalue weighted by atomic mass is 9.93. The lowest BCUT2D eigenvalue weighted by Crippen LogP contribution is -2.28. The first kappa shape index (κ1) is 10.7. The van der Waals surface area contributed by atoms with E-state index in [0.717, 1.165) is 31.2 Å². The number of hydrogen-bond acceptors (Lipinski definition) is 3. The molecule has 3 heterocycles. The van der Waals surface area contributed by atoms with Crippen LogP contribution in [0.3, 0.4) is 0 Å². The molecule has 4 nitrogen and oxygen atoms in total. The Labute approximate surface area is 101 Å². The molecule has 0 saturated carbocycles. The Kier molecular flexibility index (Phi) is 2.81. The zero-order valence-corrected chi connectivity index (χ0v) is 10.2. The van der Waals surface area contributed by atoms with Crippen molar-refractivity contribution < 1.29 is 0 Å². The second-order valence-corrected chi connectivity index (χ2v) is 4.97.